The highest BCUT2D eigenvalue weighted by molar-refractivity contribution is 6.06. The van der Waals surface area contributed by atoms with Crippen LogP contribution in [0, 0.1) is 6.92 Å². The lowest BCUT2D eigenvalue weighted by atomic mass is 9.93. The molecule has 1 saturated heterocycles. The van der Waals surface area contributed by atoms with Gasteiger partial charge < -0.3 is 9.32 Å². The highest BCUT2D eigenvalue weighted by Gasteiger charge is 2.32. The van der Waals surface area contributed by atoms with Crippen LogP contribution in [0.3, 0.4) is 0 Å². The van der Waals surface area contributed by atoms with Crippen molar-refractivity contribution in [3.05, 3.63) is 52.5 Å². The van der Waals surface area contributed by atoms with Gasteiger partial charge in [0.1, 0.15) is 5.76 Å². The van der Waals surface area contributed by atoms with E-state index in [4.69, 9.17) is 4.42 Å². The van der Waals surface area contributed by atoms with Gasteiger partial charge in [0.25, 0.3) is 5.91 Å². The van der Waals surface area contributed by atoms with Crippen LogP contribution >= 0.6 is 0 Å². The number of benzene rings is 1. The summed E-state index contributed by atoms with van der Waals surface area (Å²) < 4.78 is 44.6. The number of halogens is 3. The first-order valence-corrected chi connectivity index (χ1v) is 9.76. The summed E-state index contributed by atoms with van der Waals surface area (Å²) in [4.78, 5) is 14.6. The van der Waals surface area contributed by atoms with E-state index >= 15 is 0 Å². The van der Waals surface area contributed by atoms with E-state index in [9.17, 15) is 18.0 Å². The van der Waals surface area contributed by atoms with Gasteiger partial charge in [-0.05, 0) is 50.8 Å². The Morgan fingerprint density at radius 1 is 1.17 bits per heavy atom. The zero-order valence-corrected chi connectivity index (χ0v) is 16.1. The molecule has 0 unspecified atom stereocenters. The molecule has 29 heavy (non-hydrogen) atoms. The van der Waals surface area contributed by atoms with Crippen molar-refractivity contribution in [3.63, 3.8) is 0 Å². The van der Waals surface area contributed by atoms with Crippen LogP contribution in [0.15, 0.2) is 33.8 Å². The third-order valence-corrected chi connectivity index (χ3v) is 5.42. The molecule has 1 aromatic carbocycles. The number of aryl methyl sites for hydroxylation is 1. The minimum absolute atomic E-state index is 0.0976. The Labute approximate surface area is 166 Å². The average Bonchev–Trinajstić information content (AvgIpc) is 3.34. The number of nitrogens with zero attached hydrogens (tertiary/aromatic N) is 2. The molecular formula is C21H22F3N3O2. The average molecular weight is 405 g/mol. The highest BCUT2D eigenvalue weighted by Crippen LogP contribution is 2.32. The minimum Gasteiger partial charge on any atom is -0.455 e. The Hall–Kier alpha value is -2.77. The van der Waals surface area contributed by atoms with Gasteiger partial charge in [0.2, 0.25) is 0 Å². The molecule has 8 heteroatoms. The van der Waals surface area contributed by atoms with Crippen LogP contribution in [-0.4, -0.2) is 29.6 Å². The van der Waals surface area contributed by atoms with E-state index in [1.807, 2.05) is 6.92 Å². The number of furan rings is 1. The number of hydrazone groups is 1. The Morgan fingerprint density at radius 3 is 2.66 bits per heavy atom. The second-order valence-electron chi connectivity index (χ2n) is 7.46. The fraction of sp³-hybridized carbons (Fsp3) is 0.429. The molecule has 0 spiro atoms. The summed E-state index contributed by atoms with van der Waals surface area (Å²) in [5.74, 6) is 0.978. The topological polar surface area (TPSA) is 57.8 Å². The van der Waals surface area contributed by atoms with Crippen LogP contribution in [-0.2, 0) is 12.6 Å². The highest BCUT2D eigenvalue weighted by atomic mass is 19.4. The van der Waals surface area contributed by atoms with Gasteiger partial charge in [-0.1, -0.05) is 6.07 Å². The smallest absolute Gasteiger partial charge is 0.416 e. The van der Waals surface area contributed by atoms with Gasteiger partial charge in [0, 0.05) is 30.6 Å². The van der Waals surface area contributed by atoms with Crippen LogP contribution in [0.1, 0.15) is 58.7 Å². The van der Waals surface area contributed by atoms with Crippen molar-refractivity contribution in [2.75, 3.05) is 18.5 Å². The lowest BCUT2D eigenvalue weighted by Crippen LogP contribution is -2.27. The van der Waals surface area contributed by atoms with E-state index in [-0.39, 0.29) is 11.6 Å². The number of carbonyl (C=O) groups is 1. The van der Waals surface area contributed by atoms with Crippen molar-refractivity contribution < 1.29 is 22.4 Å². The molecule has 1 N–H and O–H groups in total. The molecule has 0 bridgehead atoms. The molecule has 1 aliphatic heterocycles. The first-order valence-electron chi connectivity index (χ1n) is 9.76. The second kappa shape index (κ2) is 7.57. The molecule has 1 fully saturated rings. The lowest BCUT2D eigenvalue weighted by molar-refractivity contribution is -0.137. The Kier molecular flexibility index (Phi) is 5.10. The van der Waals surface area contributed by atoms with Crippen molar-refractivity contribution in [1.29, 1.82) is 0 Å². The van der Waals surface area contributed by atoms with E-state index in [1.165, 1.54) is 12.1 Å². The van der Waals surface area contributed by atoms with E-state index in [1.54, 1.807) is 4.90 Å². The lowest BCUT2D eigenvalue weighted by Gasteiger charge is -2.14. The molecule has 0 atom stereocenters. The number of alkyl halides is 3. The minimum atomic E-state index is -4.41. The summed E-state index contributed by atoms with van der Waals surface area (Å²) in [5, 5.41) is 4.36. The molecule has 1 aromatic heterocycles. The van der Waals surface area contributed by atoms with Crippen molar-refractivity contribution in [2.24, 2.45) is 5.10 Å². The number of rotatable bonds is 3. The molecule has 2 heterocycles. The molecule has 4 rings (SSSR count). The zero-order valence-electron chi connectivity index (χ0n) is 16.1. The van der Waals surface area contributed by atoms with Crippen LogP contribution in [0.5, 0.6) is 0 Å². The monoisotopic (exact) mass is 405 g/mol. The number of carbonyl (C=O) groups excluding carboxylic acids is 1. The molecule has 0 saturated carbocycles. The van der Waals surface area contributed by atoms with Crippen LogP contribution in [0.2, 0.25) is 0 Å². The van der Waals surface area contributed by atoms with E-state index in [2.05, 4.69) is 10.5 Å². The Bertz CT molecular complexity index is 957. The Balaban J connectivity index is 1.61. The van der Waals surface area contributed by atoms with Gasteiger partial charge in [-0.2, -0.15) is 18.3 Å². The molecule has 2 aromatic rings. The first-order chi connectivity index (χ1) is 13.8. The molecule has 1 amide bonds. The third kappa shape index (κ3) is 3.88. The third-order valence-electron chi connectivity index (χ3n) is 5.42. The van der Waals surface area contributed by atoms with Crippen molar-refractivity contribution in [1.82, 2.24) is 4.90 Å². The predicted octanol–water partition coefficient (Wildman–Crippen LogP) is 5.00. The fourth-order valence-corrected chi connectivity index (χ4v) is 3.95. The maximum absolute atomic E-state index is 12.9. The molecule has 1 aliphatic carbocycles. The number of likely N-dealkylation sites (tertiary alicyclic amines) is 1. The summed E-state index contributed by atoms with van der Waals surface area (Å²) in [7, 11) is 0. The predicted molar refractivity (Wildman–Crippen MR) is 103 cm³/mol. The van der Waals surface area contributed by atoms with E-state index in [0.717, 1.165) is 61.4 Å². The number of anilines is 1. The van der Waals surface area contributed by atoms with Gasteiger partial charge >= 0.3 is 6.18 Å². The van der Waals surface area contributed by atoms with Gasteiger partial charge in [-0.3, -0.25) is 10.2 Å². The number of nitrogens with one attached hydrogen (secondary N) is 1. The number of fused-ring (bicyclic) bond motifs is 1. The SMILES string of the molecule is Cc1c(C(=O)N2CCCC2)oc2c1/C(=N/Nc1cccc(C(F)(F)F)c1)CCC2. The zero-order chi connectivity index (χ0) is 20.6. The maximum Gasteiger partial charge on any atom is 0.416 e. The quantitative estimate of drug-likeness (QED) is 0.732. The molecule has 154 valence electrons. The van der Waals surface area contributed by atoms with Crippen molar-refractivity contribution >= 4 is 17.3 Å². The van der Waals surface area contributed by atoms with E-state index in [0.29, 0.717) is 24.3 Å². The number of amides is 1. The van der Waals surface area contributed by atoms with Gasteiger partial charge in [0.05, 0.1) is 17.0 Å². The number of hydrogen-bond acceptors (Lipinski definition) is 4. The molecular weight excluding hydrogens is 383 g/mol. The standard InChI is InChI=1S/C21H22F3N3O2/c1-13-18-16(26-25-15-7-4-6-14(12-15)21(22,23)24)8-5-9-17(18)29-19(13)20(28)27-10-2-3-11-27/h4,6-7,12,25H,2-3,5,8-11H2,1H3/b26-16+. The van der Waals surface area contributed by atoms with Gasteiger partial charge in [-0.15, -0.1) is 0 Å². The van der Waals surface area contributed by atoms with Gasteiger partial charge in [0.15, 0.2) is 5.76 Å². The summed E-state index contributed by atoms with van der Waals surface area (Å²) in [6.45, 7) is 3.32. The summed E-state index contributed by atoms with van der Waals surface area (Å²) in [5.41, 5.74) is 4.52. The molecule has 0 radical (unpaired) electrons. The largest absolute Gasteiger partial charge is 0.455 e. The first kappa shape index (κ1) is 19.5. The Morgan fingerprint density at radius 2 is 1.93 bits per heavy atom. The second-order valence-corrected chi connectivity index (χ2v) is 7.46. The molecule has 2 aliphatic rings. The fourth-order valence-electron chi connectivity index (χ4n) is 3.95. The number of hydrogen-bond donors (Lipinski definition) is 1. The normalized spacial score (nSPS) is 18.2. The molecule has 5 nitrogen and oxygen atoms in total. The summed E-state index contributed by atoms with van der Waals surface area (Å²) in [6, 6.07) is 4.92. The van der Waals surface area contributed by atoms with Crippen LogP contribution < -0.4 is 5.43 Å². The summed E-state index contributed by atoms with van der Waals surface area (Å²) in [6.07, 6.45) is -0.227. The summed E-state index contributed by atoms with van der Waals surface area (Å²) >= 11 is 0. The maximum atomic E-state index is 12.9. The van der Waals surface area contributed by atoms with Crippen molar-refractivity contribution in [2.45, 2.75) is 45.2 Å². The van der Waals surface area contributed by atoms with Crippen LogP contribution in [0.25, 0.3) is 0 Å². The van der Waals surface area contributed by atoms with Gasteiger partial charge in [-0.25, -0.2) is 0 Å². The van der Waals surface area contributed by atoms with Crippen LogP contribution in [0.4, 0.5) is 18.9 Å². The van der Waals surface area contributed by atoms with Crippen molar-refractivity contribution in [3.8, 4) is 0 Å². The van der Waals surface area contributed by atoms with E-state index < -0.39 is 11.7 Å².